The smallest absolute Gasteiger partial charge is 0.381 e. The molecular formula is C24H22F5N7O. The number of benzene rings is 2. The number of alkyl halides is 3. The van der Waals surface area contributed by atoms with Crippen LogP contribution in [0, 0.1) is 11.6 Å². The minimum absolute atomic E-state index is 0.0885. The highest BCUT2D eigenvalue weighted by atomic mass is 19.4. The van der Waals surface area contributed by atoms with Crippen molar-refractivity contribution in [3.8, 4) is 11.4 Å². The van der Waals surface area contributed by atoms with E-state index in [2.05, 4.69) is 20.2 Å². The summed E-state index contributed by atoms with van der Waals surface area (Å²) in [5.74, 6) is -0.838. The second kappa shape index (κ2) is 9.30. The first-order chi connectivity index (χ1) is 17.5. The van der Waals surface area contributed by atoms with Gasteiger partial charge in [0.2, 0.25) is 0 Å². The van der Waals surface area contributed by atoms with E-state index in [0.717, 1.165) is 24.3 Å². The van der Waals surface area contributed by atoms with Crippen molar-refractivity contribution >= 4 is 0 Å². The minimum Gasteiger partial charge on any atom is -0.381 e. The topological polar surface area (TPSA) is 84.9 Å². The summed E-state index contributed by atoms with van der Waals surface area (Å²) in [5, 5.41) is 20.3. The molecule has 2 aromatic heterocycles. The van der Waals surface area contributed by atoms with Gasteiger partial charge in [0, 0.05) is 29.8 Å². The minimum atomic E-state index is -4.44. The number of rotatable bonds is 6. The molecule has 5 rings (SSSR count). The Morgan fingerprint density at radius 1 is 1.05 bits per heavy atom. The van der Waals surface area contributed by atoms with Gasteiger partial charge in [0.25, 0.3) is 0 Å². The van der Waals surface area contributed by atoms with Crippen LogP contribution in [0.3, 0.4) is 0 Å². The Labute approximate surface area is 208 Å². The van der Waals surface area contributed by atoms with Crippen LogP contribution < -0.4 is 0 Å². The SMILES string of the molecule is C[C@@H](N1CCn2nc(-c3ccc(C(F)(F)F)cc3)nc2C1)[C@](O)(Cn1cncn1)c1ccc(F)cc1F. The quantitative estimate of drug-likeness (QED) is 0.392. The summed E-state index contributed by atoms with van der Waals surface area (Å²) in [4.78, 5) is 10.3. The Kier molecular flexibility index (Phi) is 6.28. The maximum atomic E-state index is 14.9. The molecule has 0 fully saturated rings. The van der Waals surface area contributed by atoms with Crippen molar-refractivity contribution in [2.24, 2.45) is 0 Å². The molecule has 0 spiro atoms. The first kappa shape index (κ1) is 25.0. The summed E-state index contributed by atoms with van der Waals surface area (Å²) in [7, 11) is 0. The molecule has 2 aromatic carbocycles. The predicted octanol–water partition coefficient (Wildman–Crippen LogP) is 3.63. The van der Waals surface area contributed by atoms with E-state index in [1.54, 1.807) is 11.6 Å². The molecule has 0 radical (unpaired) electrons. The molecule has 2 atom stereocenters. The van der Waals surface area contributed by atoms with Gasteiger partial charge in [-0.25, -0.2) is 28.1 Å². The third kappa shape index (κ3) is 4.83. The first-order valence-corrected chi connectivity index (χ1v) is 11.4. The summed E-state index contributed by atoms with van der Waals surface area (Å²) in [5.41, 5.74) is -2.23. The van der Waals surface area contributed by atoms with E-state index in [1.165, 1.54) is 35.5 Å². The Hall–Kier alpha value is -3.71. The number of aromatic nitrogens is 6. The molecule has 0 aliphatic carbocycles. The second-order valence-corrected chi connectivity index (χ2v) is 8.94. The standard InChI is InChI=1S/C24H22F5N7O/c1-15(23(37,12-35-14-30-13-31-35)19-7-6-18(25)10-20(19)26)34-8-9-36-21(11-34)32-22(33-36)16-2-4-17(5-3-16)24(27,28)29/h2-7,10,13-15,37H,8-9,11-12H2,1H3/t15-,23-/m1/s1. The third-order valence-corrected chi connectivity index (χ3v) is 6.67. The molecule has 194 valence electrons. The van der Waals surface area contributed by atoms with E-state index in [9.17, 15) is 27.1 Å². The number of aliphatic hydroxyl groups is 1. The van der Waals surface area contributed by atoms with Crippen LogP contribution in [0.25, 0.3) is 11.4 Å². The van der Waals surface area contributed by atoms with Gasteiger partial charge in [-0.3, -0.25) is 4.90 Å². The number of nitrogens with zero attached hydrogens (tertiary/aromatic N) is 7. The van der Waals surface area contributed by atoms with Crippen LogP contribution in [-0.4, -0.2) is 52.1 Å². The normalized spacial score (nSPS) is 16.8. The van der Waals surface area contributed by atoms with Gasteiger partial charge in [0.15, 0.2) is 5.82 Å². The third-order valence-electron chi connectivity index (χ3n) is 6.67. The van der Waals surface area contributed by atoms with Gasteiger partial charge in [0.1, 0.15) is 35.7 Å². The van der Waals surface area contributed by atoms with Crippen LogP contribution in [0.4, 0.5) is 22.0 Å². The molecule has 0 saturated heterocycles. The Balaban J connectivity index is 1.42. The molecule has 1 aliphatic heterocycles. The highest BCUT2D eigenvalue weighted by Crippen LogP contribution is 2.35. The van der Waals surface area contributed by atoms with E-state index >= 15 is 0 Å². The fourth-order valence-electron chi connectivity index (χ4n) is 4.56. The molecule has 3 heterocycles. The summed E-state index contributed by atoms with van der Waals surface area (Å²) in [6.07, 6.45) is -1.76. The molecule has 0 unspecified atom stereocenters. The van der Waals surface area contributed by atoms with Crippen molar-refractivity contribution in [2.45, 2.75) is 44.4 Å². The molecule has 0 saturated carbocycles. The number of halogens is 5. The average molecular weight is 519 g/mol. The summed E-state index contributed by atoms with van der Waals surface area (Å²) in [6.45, 7) is 2.63. The molecule has 1 N–H and O–H groups in total. The van der Waals surface area contributed by atoms with Crippen molar-refractivity contribution in [2.75, 3.05) is 6.54 Å². The average Bonchev–Trinajstić information content (AvgIpc) is 3.52. The molecule has 0 amide bonds. The Morgan fingerprint density at radius 3 is 2.46 bits per heavy atom. The van der Waals surface area contributed by atoms with Crippen molar-refractivity contribution in [3.05, 3.63) is 83.7 Å². The van der Waals surface area contributed by atoms with Crippen molar-refractivity contribution in [1.29, 1.82) is 0 Å². The number of hydrogen-bond donors (Lipinski definition) is 1. The highest BCUT2D eigenvalue weighted by molar-refractivity contribution is 5.55. The maximum Gasteiger partial charge on any atom is 0.416 e. The zero-order chi connectivity index (χ0) is 26.4. The van der Waals surface area contributed by atoms with E-state index in [4.69, 9.17) is 0 Å². The van der Waals surface area contributed by atoms with Gasteiger partial charge >= 0.3 is 6.18 Å². The lowest BCUT2D eigenvalue weighted by Crippen LogP contribution is -2.53. The molecular weight excluding hydrogens is 497 g/mol. The lowest BCUT2D eigenvalue weighted by Gasteiger charge is -2.42. The predicted molar refractivity (Wildman–Crippen MR) is 121 cm³/mol. The first-order valence-electron chi connectivity index (χ1n) is 11.4. The van der Waals surface area contributed by atoms with Crippen molar-refractivity contribution in [1.82, 2.24) is 34.4 Å². The van der Waals surface area contributed by atoms with Crippen LogP contribution in [0.15, 0.2) is 55.1 Å². The Morgan fingerprint density at radius 2 is 1.81 bits per heavy atom. The monoisotopic (exact) mass is 519 g/mol. The fourth-order valence-corrected chi connectivity index (χ4v) is 4.56. The van der Waals surface area contributed by atoms with Crippen molar-refractivity contribution < 1.29 is 27.1 Å². The van der Waals surface area contributed by atoms with E-state index in [-0.39, 0.29) is 24.5 Å². The van der Waals surface area contributed by atoms with Crippen molar-refractivity contribution in [3.63, 3.8) is 0 Å². The summed E-state index contributed by atoms with van der Waals surface area (Å²) in [6, 6.07) is 6.93. The Bertz CT molecular complexity index is 1390. The summed E-state index contributed by atoms with van der Waals surface area (Å²) < 4.78 is 70.2. The molecule has 37 heavy (non-hydrogen) atoms. The highest BCUT2D eigenvalue weighted by Gasteiger charge is 2.43. The number of hydrogen-bond acceptors (Lipinski definition) is 6. The van der Waals surface area contributed by atoms with E-state index < -0.39 is 35.0 Å². The maximum absolute atomic E-state index is 14.9. The van der Waals surface area contributed by atoms with Crippen LogP contribution in [0.5, 0.6) is 0 Å². The van der Waals surface area contributed by atoms with Gasteiger partial charge in [-0.2, -0.15) is 23.4 Å². The van der Waals surface area contributed by atoms with Gasteiger partial charge < -0.3 is 5.11 Å². The van der Waals surface area contributed by atoms with Gasteiger partial charge in [0.05, 0.1) is 25.2 Å². The van der Waals surface area contributed by atoms with E-state index in [1.807, 2.05) is 4.90 Å². The summed E-state index contributed by atoms with van der Waals surface area (Å²) >= 11 is 0. The van der Waals surface area contributed by atoms with Gasteiger partial charge in [-0.1, -0.05) is 18.2 Å². The van der Waals surface area contributed by atoms with Crippen LogP contribution in [-0.2, 0) is 31.4 Å². The fraction of sp³-hybridized carbons (Fsp3) is 0.333. The lowest BCUT2D eigenvalue weighted by molar-refractivity contribution is -0.137. The molecule has 13 heteroatoms. The van der Waals surface area contributed by atoms with Gasteiger partial charge in [-0.15, -0.1) is 0 Å². The zero-order valence-corrected chi connectivity index (χ0v) is 19.6. The molecule has 4 aromatic rings. The van der Waals surface area contributed by atoms with Gasteiger partial charge in [-0.05, 0) is 25.1 Å². The zero-order valence-electron chi connectivity index (χ0n) is 19.6. The van der Waals surface area contributed by atoms with E-state index in [0.29, 0.717) is 24.5 Å². The van der Waals surface area contributed by atoms with Crippen LogP contribution >= 0.6 is 0 Å². The number of fused-ring (bicyclic) bond motifs is 1. The second-order valence-electron chi connectivity index (χ2n) is 8.94. The molecule has 8 nitrogen and oxygen atoms in total. The van der Waals surface area contributed by atoms with Crippen LogP contribution in [0.2, 0.25) is 0 Å². The lowest BCUT2D eigenvalue weighted by atomic mass is 9.85. The molecule has 0 bridgehead atoms. The molecule has 1 aliphatic rings. The van der Waals surface area contributed by atoms with Crippen LogP contribution in [0.1, 0.15) is 23.9 Å². The largest absolute Gasteiger partial charge is 0.416 e.